The average molecular weight is 268 g/mol. The van der Waals surface area contributed by atoms with Gasteiger partial charge in [0.05, 0.1) is 5.60 Å². The van der Waals surface area contributed by atoms with Crippen LogP contribution >= 0.6 is 0 Å². The molecule has 4 heteroatoms. The Bertz CT molecular complexity index is 286. The number of ether oxygens (including phenoxy) is 1. The minimum Gasteiger partial charge on any atom is -0.388 e. The summed E-state index contributed by atoms with van der Waals surface area (Å²) in [4.78, 5) is 0. The quantitative estimate of drug-likeness (QED) is 0.713. The smallest absolute Gasteiger partial charge is 0.0815 e. The average Bonchev–Trinajstić information content (AvgIpc) is 3.08. The summed E-state index contributed by atoms with van der Waals surface area (Å²) in [6, 6.07) is 1.31. The van der Waals surface area contributed by atoms with Gasteiger partial charge in [-0.3, -0.25) is 0 Å². The SMILES string of the molecule is OC1(CNC2CCCC2C2CCCN2)CCOCC1. The maximum Gasteiger partial charge on any atom is 0.0815 e. The zero-order chi connectivity index (χ0) is 13.1. The summed E-state index contributed by atoms with van der Waals surface area (Å²) in [6.07, 6.45) is 8.17. The third-order valence-corrected chi connectivity index (χ3v) is 5.30. The highest BCUT2D eigenvalue weighted by molar-refractivity contribution is 4.95. The molecule has 0 aromatic carbocycles. The van der Waals surface area contributed by atoms with Gasteiger partial charge in [0.2, 0.25) is 0 Å². The molecule has 3 atom stereocenters. The second-order valence-corrected chi connectivity index (χ2v) is 6.62. The summed E-state index contributed by atoms with van der Waals surface area (Å²) < 4.78 is 5.34. The van der Waals surface area contributed by atoms with Crippen molar-refractivity contribution in [3.05, 3.63) is 0 Å². The molecule has 0 bridgehead atoms. The minimum atomic E-state index is -0.533. The third kappa shape index (κ3) is 3.30. The van der Waals surface area contributed by atoms with E-state index in [1.54, 1.807) is 0 Å². The molecule has 3 fully saturated rings. The van der Waals surface area contributed by atoms with Crippen LogP contribution in [0.25, 0.3) is 0 Å². The van der Waals surface area contributed by atoms with Crippen LogP contribution in [0.1, 0.15) is 44.9 Å². The summed E-state index contributed by atoms with van der Waals surface area (Å²) in [5.41, 5.74) is -0.533. The lowest BCUT2D eigenvalue weighted by molar-refractivity contribution is -0.0633. The molecule has 1 saturated carbocycles. The van der Waals surface area contributed by atoms with Crippen LogP contribution in [0.2, 0.25) is 0 Å². The summed E-state index contributed by atoms with van der Waals surface area (Å²) in [6.45, 7) is 3.34. The van der Waals surface area contributed by atoms with Gasteiger partial charge in [0.15, 0.2) is 0 Å². The Morgan fingerprint density at radius 1 is 1.16 bits per heavy atom. The van der Waals surface area contributed by atoms with Crippen molar-refractivity contribution in [1.82, 2.24) is 10.6 Å². The van der Waals surface area contributed by atoms with E-state index in [1.165, 1.54) is 38.6 Å². The lowest BCUT2D eigenvalue weighted by Gasteiger charge is -2.35. The van der Waals surface area contributed by atoms with Gasteiger partial charge >= 0.3 is 0 Å². The molecule has 3 aliphatic rings. The van der Waals surface area contributed by atoms with Crippen molar-refractivity contribution in [2.24, 2.45) is 5.92 Å². The maximum absolute atomic E-state index is 10.5. The second kappa shape index (κ2) is 6.08. The predicted molar refractivity (Wildman–Crippen MR) is 75.2 cm³/mol. The first-order valence-electron chi connectivity index (χ1n) is 8.04. The molecule has 3 unspecified atom stereocenters. The first-order valence-corrected chi connectivity index (χ1v) is 8.04. The summed E-state index contributed by atoms with van der Waals surface area (Å²) >= 11 is 0. The summed E-state index contributed by atoms with van der Waals surface area (Å²) in [7, 11) is 0. The van der Waals surface area contributed by atoms with E-state index in [0.717, 1.165) is 25.3 Å². The fourth-order valence-electron chi connectivity index (χ4n) is 4.05. The molecule has 0 radical (unpaired) electrons. The van der Waals surface area contributed by atoms with Crippen molar-refractivity contribution in [2.75, 3.05) is 26.3 Å². The van der Waals surface area contributed by atoms with Gasteiger partial charge in [0.25, 0.3) is 0 Å². The molecular formula is C15H28N2O2. The van der Waals surface area contributed by atoms with Crippen LogP contribution in [-0.4, -0.2) is 49.1 Å². The Labute approximate surface area is 116 Å². The first-order chi connectivity index (χ1) is 9.27. The molecule has 0 amide bonds. The molecule has 2 heterocycles. The van der Waals surface area contributed by atoms with Crippen molar-refractivity contribution in [3.63, 3.8) is 0 Å². The summed E-state index contributed by atoms with van der Waals surface area (Å²) in [5.74, 6) is 0.769. The van der Waals surface area contributed by atoms with Gasteiger partial charge in [-0.15, -0.1) is 0 Å². The number of hydrogen-bond acceptors (Lipinski definition) is 4. The molecule has 4 nitrogen and oxygen atoms in total. The molecule has 110 valence electrons. The maximum atomic E-state index is 10.5. The molecule has 3 rings (SSSR count). The molecule has 19 heavy (non-hydrogen) atoms. The second-order valence-electron chi connectivity index (χ2n) is 6.62. The highest BCUT2D eigenvalue weighted by Gasteiger charge is 2.37. The van der Waals surface area contributed by atoms with Crippen LogP contribution in [0.3, 0.4) is 0 Å². The van der Waals surface area contributed by atoms with Gasteiger partial charge in [-0.05, 0) is 38.1 Å². The van der Waals surface area contributed by atoms with Crippen LogP contribution in [-0.2, 0) is 4.74 Å². The largest absolute Gasteiger partial charge is 0.388 e. The van der Waals surface area contributed by atoms with E-state index in [9.17, 15) is 5.11 Å². The van der Waals surface area contributed by atoms with E-state index in [-0.39, 0.29) is 0 Å². The molecule has 1 aliphatic carbocycles. The minimum absolute atomic E-state index is 0.533. The highest BCUT2D eigenvalue weighted by atomic mass is 16.5. The van der Waals surface area contributed by atoms with Gasteiger partial charge < -0.3 is 20.5 Å². The molecule has 2 aliphatic heterocycles. The van der Waals surface area contributed by atoms with Crippen molar-refractivity contribution in [3.8, 4) is 0 Å². The van der Waals surface area contributed by atoms with Crippen LogP contribution in [0, 0.1) is 5.92 Å². The topological polar surface area (TPSA) is 53.5 Å². The van der Waals surface area contributed by atoms with E-state index in [0.29, 0.717) is 25.3 Å². The zero-order valence-corrected chi connectivity index (χ0v) is 11.9. The van der Waals surface area contributed by atoms with E-state index in [1.807, 2.05) is 0 Å². The van der Waals surface area contributed by atoms with Gasteiger partial charge in [0.1, 0.15) is 0 Å². The lowest BCUT2D eigenvalue weighted by Crippen LogP contribution is -2.50. The van der Waals surface area contributed by atoms with Gasteiger partial charge in [-0.2, -0.15) is 0 Å². The molecule has 0 aromatic rings. The van der Waals surface area contributed by atoms with Crippen LogP contribution in [0.4, 0.5) is 0 Å². The van der Waals surface area contributed by atoms with Crippen LogP contribution in [0.5, 0.6) is 0 Å². The van der Waals surface area contributed by atoms with Gasteiger partial charge in [-0.25, -0.2) is 0 Å². The molecule has 3 N–H and O–H groups in total. The Morgan fingerprint density at radius 2 is 2.00 bits per heavy atom. The monoisotopic (exact) mass is 268 g/mol. The lowest BCUT2D eigenvalue weighted by atomic mass is 9.90. The Balaban J connectivity index is 1.50. The molecule has 0 spiro atoms. The van der Waals surface area contributed by atoms with E-state index >= 15 is 0 Å². The van der Waals surface area contributed by atoms with Gasteiger partial charge in [0, 0.05) is 44.7 Å². The van der Waals surface area contributed by atoms with Crippen molar-refractivity contribution in [1.29, 1.82) is 0 Å². The van der Waals surface area contributed by atoms with Crippen molar-refractivity contribution < 1.29 is 9.84 Å². The Hall–Kier alpha value is -0.160. The Kier molecular flexibility index (Phi) is 4.42. The molecular weight excluding hydrogens is 240 g/mol. The van der Waals surface area contributed by atoms with Crippen LogP contribution in [0.15, 0.2) is 0 Å². The zero-order valence-electron chi connectivity index (χ0n) is 11.9. The summed E-state index contributed by atoms with van der Waals surface area (Å²) in [5, 5.41) is 17.9. The fraction of sp³-hybridized carbons (Fsp3) is 1.00. The molecule has 0 aromatic heterocycles. The number of nitrogens with one attached hydrogen (secondary N) is 2. The number of aliphatic hydroxyl groups is 1. The predicted octanol–water partition coefficient (Wildman–Crippen LogP) is 1.04. The first kappa shape index (κ1) is 13.8. The normalized spacial score (nSPS) is 38.7. The fourth-order valence-corrected chi connectivity index (χ4v) is 4.05. The van der Waals surface area contributed by atoms with Gasteiger partial charge in [-0.1, -0.05) is 6.42 Å². The van der Waals surface area contributed by atoms with E-state index < -0.39 is 5.60 Å². The van der Waals surface area contributed by atoms with E-state index in [4.69, 9.17) is 4.74 Å². The number of hydrogen-bond donors (Lipinski definition) is 3. The van der Waals surface area contributed by atoms with Crippen molar-refractivity contribution >= 4 is 0 Å². The van der Waals surface area contributed by atoms with E-state index in [2.05, 4.69) is 10.6 Å². The van der Waals surface area contributed by atoms with Crippen molar-refractivity contribution in [2.45, 2.75) is 62.6 Å². The number of rotatable bonds is 4. The van der Waals surface area contributed by atoms with Crippen LogP contribution < -0.4 is 10.6 Å². The standard InChI is InChI=1S/C15H28N2O2/c18-15(6-9-19-10-7-15)11-17-14-4-1-3-12(14)13-5-2-8-16-13/h12-14,16-18H,1-11H2. The third-order valence-electron chi connectivity index (χ3n) is 5.30. The highest BCUT2D eigenvalue weighted by Crippen LogP contribution is 2.32. The Morgan fingerprint density at radius 3 is 2.74 bits per heavy atom. The molecule has 2 saturated heterocycles.